The van der Waals surface area contributed by atoms with E-state index >= 15 is 0 Å². The molecule has 0 unspecified atom stereocenters. The number of nitrogens with zero attached hydrogens (tertiary/aromatic N) is 1. The minimum Gasteiger partial charge on any atom is -0.483 e. The zero-order valence-electron chi connectivity index (χ0n) is 13.7. The molecule has 1 amide bonds. The van der Waals surface area contributed by atoms with Gasteiger partial charge in [0.25, 0.3) is 5.91 Å². The number of para-hydroxylation sites is 1. The first kappa shape index (κ1) is 18.6. The Morgan fingerprint density at radius 3 is 2.84 bits per heavy atom. The van der Waals surface area contributed by atoms with Gasteiger partial charge in [0.1, 0.15) is 18.1 Å². The fourth-order valence-electron chi connectivity index (χ4n) is 1.94. The number of ether oxygens (including phenoxy) is 2. The summed E-state index contributed by atoms with van der Waals surface area (Å²) >= 11 is 3.38. The summed E-state index contributed by atoms with van der Waals surface area (Å²) in [6.07, 6.45) is 6.69. The number of carbonyl (C=O) groups is 1. The molecule has 2 rings (SSSR count). The number of terminal acetylenes is 1. The Bertz CT molecular complexity index is 813. The average Bonchev–Trinajstić information content (AvgIpc) is 2.60. The lowest BCUT2D eigenvalue weighted by Crippen LogP contribution is -2.24. The number of aryl methyl sites for hydroxylation is 1. The molecule has 0 heterocycles. The maximum atomic E-state index is 11.8. The summed E-state index contributed by atoms with van der Waals surface area (Å²) in [4.78, 5) is 11.8. The molecule has 0 aromatic heterocycles. The van der Waals surface area contributed by atoms with Crippen molar-refractivity contribution in [1.29, 1.82) is 0 Å². The van der Waals surface area contributed by atoms with Crippen molar-refractivity contribution in [3.05, 3.63) is 58.1 Å². The highest BCUT2D eigenvalue weighted by molar-refractivity contribution is 9.10. The summed E-state index contributed by atoms with van der Waals surface area (Å²) in [5, 5.41) is 3.93. The average molecular weight is 401 g/mol. The largest absolute Gasteiger partial charge is 0.483 e. The second-order valence-corrected chi connectivity index (χ2v) is 5.94. The summed E-state index contributed by atoms with van der Waals surface area (Å²) in [6.45, 7) is 1.94. The molecule has 0 aliphatic rings. The Morgan fingerprint density at radius 2 is 2.08 bits per heavy atom. The summed E-state index contributed by atoms with van der Waals surface area (Å²) in [7, 11) is 0. The third-order valence-corrected chi connectivity index (χ3v) is 3.62. The van der Waals surface area contributed by atoms with Gasteiger partial charge < -0.3 is 9.47 Å². The van der Waals surface area contributed by atoms with Gasteiger partial charge in [-0.1, -0.05) is 40.0 Å². The lowest BCUT2D eigenvalue weighted by molar-refractivity contribution is -0.123. The van der Waals surface area contributed by atoms with E-state index in [1.807, 2.05) is 43.3 Å². The quantitative estimate of drug-likeness (QED) is 0.440. The number of amides is 1. The van der Waals surface area contributed by atoms with Crippen molar-refractivity contribution in [3.8, 4) is 23.8 Å². The second-order valence-electron chi connectivity index (χ2n) is 5.02. The van der Waals surface area contributed by atoms with E-state index in [1.54, 1.807) is 6.07 Å². The number of hydrogen-bond donors (Lipinski definition) is 1. The molecule has 6 heteroatoms. The van der Waals surface area contributed by atoms with Crippen molar-refractivity contribution in [1.82, 2.24) is 5.43 Å². The molecule has 0 atom stereocenters. The molecule has 0 aliphatic carbocycles. The van der Waals surface area contributed by atoms with Gasteiger partial charge in [-0.3, -0.25) is 4.79 Å². The predicted molar refractivity (Wildman–Crippen MR) is 101 cm³/mol. The zero-order valence-corrected chi connectivity index (χ0v) is 15.2. The number of halogens is 1. The maximum absolute atomic E-state index is 11.8. The highest BCUT2D eigenvalue weighted by Gasteiger charge is 2.05. The van der Waals surface area contributed by atoms with Gasteiger partial charge in [-0.05, 0) is 36.8 Å². The van der Waals surface area contributed by atoms with Gasteiger partial charge in [0.05, 0.1) is 6.21 Å². The molecule has 0 aliphatic heterocycles. The van der Waals surface area contributed by atoms with Crippen LogP contribution in [0.25, 0.3) is 0 Å². The Kier molecular flexibility index (Phi) is 7.05. The van der Waals surface area contributed by atoms with Crippen LogP contribution in [0.15, 0.2) is 52.0 Å². The van der Waals surface area contributed by atoms with Crippen molar-refractivity contribution < 1.29 is 14.3 Å². The van der Waals surface area contributed by atoms with E-state index in [1.165, 1.54) is 6.21 Å². The highest BCUT2D eigenvalue weighted by atomic mass is 79.9. The fraction of sp³-hybridized carbons (Fsp3) is 0.158. The van der Waals surface area contributed by atoms with Crippen LogP contribution in [0.4, 0.5) is 0 Å². The smallest absolute Gasteiger partial charge is 0.277 e. The van der Waals surface area contributed by atoms with Crippen LogP contribution >= 0.6 is 15.9 Å². The van der Waals surface area contributed by atoms with E-state index in [9.17, 15) is 4.79 Å². The lowest BCUT2D eigenvalue weighted by Gasteiger charge is -2.08. The molecule has 1 N–H and O–H groups in total. The summed E-state index contributed by atoms with van der Waals surface area (Å²) < 4.78 is 11.7. The minimum absolute atomic E-state index is 0.124. The topological polar surface area (TPSA) is 59.9 Å². The molecule has 2 aromatic carbocycles. The molecule has 0 radical (unpaired) electrons. The summed E-state index contributed by atoms with van der Waals surface area (Å²) in [5.74, 6) is 3.29. The van der Waals surface area contributed by atoms with Gasteiger partial charge >= 0.3 is 0 Å². The summed E-state index contributed by atoms with van der Waals surface area (Å²) in [6, 6.07) is 12.9. The molecular weight excluding hydrogens is 384 g/mol. The molecule has 5 nitrogen and oxygen atoms in total. The summed E-state index contributed by atoms with van der Waals surface area (Å²) in [5.41, 5.74) is 4.06. The van der Waals surface area contributed by atoms with Crippen molar-refractivity contribution in [2.24, 2.45) is 5.10 Å². The third kappa shape index (κ3) is 5.98. The standard InChI is InChI=1S/C19H17BrN2O3/c1-3-10-24-18-9-8-16(20)11-15(18)12-21-22-19(23)13-25-17-7-5-4-6-14(17)2/h1,4-9,11-12H,10,13H2,2H3,(H,22,23)/b21-12+. The molecule has 128 valence electrons. The zero-order chi connectivity index (χ0) is 18.1. The lowest BCUT2D eigenvalue weighted by atomic mass is 10.2. The van der Waals surface area contributed by atoms with Gasteiger partial charge in [-0.15, -0.1) is 6.42 Å². The van der Waals surface area contributed by atoms with Crippen molar-refractivity contribution in [2.45, 2.75) is 6.92 Å². The second kappa shape index (κ2) is 9.50. The fourth-order valence-corrected chi connectivity index (χ4v) is 2.32. The van der Waals surface area contributed by atoms with Crippen LogP contribution in [0.1, 0.15) is 11.1 Å². The molecule has 0 saturated heterocycles. The SMILES string of the molecule is C#CCOc1ccc(Br)cc1/C=N/NC(=O)COc1ccccc1C. The normalized spacial score (nSPS) is 10.3. The Hall–Kier alpha value is -2.78. The minimum atomic E-state index is -0.361. The highest BCUT2D eigenvalue weighted by Crippen LogP contribution is 2.21. The first-order valence-electron chi connectivity index (χ1n) is 7.46. The van der Waals surface area contributed by atoms with Crippen LogP contribution in [0.2, 0.25) is 0 Å². The first-order chi connectivity index (χ1) is 12.1. The van der Waals surface area contributed by atoms with Crippen LogP contribution in [0.5, 0.6) is 11.5 Å². The maximum Gasteiger partial charge on any atom is 0.277 e. The van der Waals surface area contributed by atoms with Crippen molar-refractivity contribution in [2.75, 3.05) is 13.2 Å². The number of rotatable bonds is 7. The Labute approximate surface area is 155 Å². The van der Waals surface area contributed by atoms with Crippen LogP contribution in [-0.4, -0.2) is 25.3 Å². The molecule has 0 saturated carbocycles. The number of hydrazone groups is 1. The van der Waals surface area contributed by atoms with E-state index in [-0.39, 0.29) is 19.1 Å². The Balaban J connectivity index is 1.92. The Morgan fingerprint density at radius 1 is 1.28 bits per heavy atom. The van der Waals surface area contributed by atoms with Gasteiger partial charge in [-0.25, -0.2) is 5.43 Å². The monoisotopic (exact) mass is 400 g/mol. The van der Waals surface area contributed by atoms with E-state index in [0.717, 1.165) is 10.0 Å². The molecule has 0 spiro atoms. The van der Waals surface area contributed by atoms with Gasteiger partial charge in [0.2, 0.25) is 0 Å². The van der Waals surface area contributed by atoms with E-state index in [0.29, 0.717) is 17.1 Å². The third-order valence-electron chi connectivity index (χ3n) is 3.13. The molecule has 0 bridgehead atoms. The first-order valence-corrected chi connectivity index (χ1v) is 8.25. The molecule has 0 fully saturated rings. The van der Waals surface area contributed by atoms with Crippen molar-refractivity contribution >= 4 is 28.1 Å². The van der Waals surface area contributed by atoms with Crippen molar-refractivity contribution in [3.63, 3.8) is 0 Å². The van der Waals surface area contributed by atoms with Gasteiger partial charge in [-0.2, -0.15) is 5.10 Å². The number of nitrogens with one attached hydrogen (secondary N) is 1. The van der Waals surface area contributed by atoms with Crippen LogP contribution in [-0.2, 0) is 4.79 Å². The predicted octanol–water partition coefficient (Wildman–Crippen LogP) is 3.30. The number of benzene rings is 2. The number of hydrogen-bond acceptors (Lipinski definition) is 4. The van der Waals surface area contributed by atoms with Gasteiger partial charge in [0, 0.05) is 10.0 Å². The van der Waals surface area contributed by atoms with Crippen LogP contribution in [0.3, 0.4) is 0 Å². The molecule has 2 aromatic rings. The van der Waals surface area contributed by atoms with E-state index in [2.05, 4.69) is 32.4 Å². The van der Waals surface area contributed by atoms with E-state index in [4.69, 9.17) is 15.9 Å². The molecule has 25 heavy (non-hydrogen) atoms. The van der Waals surface area contributed by atoms with Crippen LogP contribution in [0, 0.1) is 19.3 Å². The van der Waals surface area contributed by atoms with Gasteiger partial charge in [0.15, 0.2) is 6.61 Å². The number of carbonyl (C=O) groups excluding carboxylic acids is 1. The van der Waals surface area contributed by atoms with E-state index < -0.39 is 0 Å². The molecular formula is C19H17BrN2O3. The van der Waals surface area contributed by atoms with Crippen LogP contribution < -0.4 is 14.9 Å².